The molecule has 0 spiro atoms. The van der Waals surface area contributed by atoms with E-state index in [1.807, 2.05) is 20.8 Å². The molecule has 2 aliphatic rings. The molecule has 0 saturated carbocycles. The Hall–Kier alpha value is -1.28. The smallest absolute Gasteiger partial charge is 0.316 e. The van der Waals surface area contributed by atoms with Crippen LogP contribution in [0.5, 0.6) is 0 Å². The van der Waals surface area contributed by atoms with Crippen molar-refractivity contribution in [3.8, 4) is 0 Å². The Morgan fingerprint density at radius 3 is 2.63 bits per heavy atom. The topological polar surface area (TPSA) is 69.5 Å². The molecule has 0 aromatic carbocycles. The molecule has 7 nitrogen and oxygen atoms in total. The lowest BCUT2D eigenvalue weighted by Crippen LogP contribution is -2.35. The number of anilines is 1. The van der Waals surface area contributed by atoms with Gasteiger partial charge in [0.2, 0.25) is 5.95 Å². The van der Waals surface area contributed by atoms with Crippen LogP contribution in [0.15, 0.2) is 5.16 Å². The van der Waals surface area contributed by atoms with Crippen molar-refractivity contribution in [2.45, 2.75) is 76.8 Å². The van der Waals surface area contributed by atoms with Crippen LogP contribution in [0.3, 0.4) is 0 Å². The van der Waals surface area contributed by atoms with Gasteiger partial charge in [-0.2, -0.15) is 0 Å². The Balaban J connectivity index is 1.71. The van der Waals surface area contributed by atoms with E-state index in [0.29, 0.717) is 0 Å². The molecule has 0 N–H and O–H groups in total. The van der Waals surface area contributed by atoms with Crippen LogP contribution in [-0.4, -0.2) is 57.9 Å². The van der Waals surface area contributed by atoms with E-state index in [-0.39, 0.29) is 17.8 Å². The van der Waals surface area contributed by atoms with E-state index in [4.69, 9.17) is 9.47 Å². The van der Waals surface area contributed by atoms with Gasteiger partial charge >= 0.3 is 5.97 Å². The van der Waals surface area contributed by atoms with E-state index in [1.165, 1.54) is 24.6 Å². The van der Waals surface area contributed by atoms with Crippen molar-refractivity contribution in [2.24, 2.45) is 5.92 Å². The second kappa shape index (κ2) is 8.82. The molecule has 2 fully saturated rings. The molecule has 0 radical (unpaired) electrons. The molecule has 0 aliphatic carbocycles. The average molecular weight is 397 g/mol. The van der Waals surface area contributed by atoms with Crippen LogP contribution >= 0.6 is 11.8 Å². The van der Waals surface area contributed by atoms with E-state index in [1.54, 1.807) is 0 Å². The van der Waals surface area contributed by atoms with E-state index in [2.05, 4.69) is 26.6 Å². The summed E-state index contributed by atoms with van der Waals surface area (Å²) in [5, 5.41) is 9.63. The molecule has 1 aromatic heterocycles. The van der Waals surface area contributed by atoms with E-state index < -0.39 is 5.60 Å². The van der Waals surface area contributed by atoms with Gasteiger partial charge in [0.25, 0.3) is 0 Å². The minimum atomic E-state index is -0.474. The summed E-state index contributed by atoms with van der Waals surface area (Å²) in [6.07, 6.45) is 4.71. The molecule has 0 amide bonds. The van der Waals surface area contributed by atoms with Crippen LogP contribution in [0.2, 0.25) is 0 Å². The van der Waals surface area contributed by atoms with Gasteiger partial charge in [0.15, 0.2) is 5.16 Å². The first-order valence-corrected chi connectivity index (χ1v) is 10.9. The molecule has 2 aliphatic heterocycles. The normalized spacial score (nSPS) is 21.6. The number of hydrogen-bond acceptors (Lipinski definition) is 7. The Kier molecular flexibility index (Phi) is 6.68. The number of thioether (sulfide) groups is 1. The third kappa shape index (κ3) is 5.85. The van der Waals surface area contributed by atoms with Crippen LogP contribution in [-0.2, 0) is 20.8 Å². The largest absolute Gasteiger partial charge is 0.459 e. The number of rotatable bonds is 6. The number of nitrogens with zero attached hydrogens (tertiary/aromatic N) is 4. The zero-order chi connectivity index (χ0) is 19.4. The van der Waals surface area contributed by atoms with Crippen molar-refractivity contribution in [1.82, 2.24) is 14.8 Å². The van der Waals surface area contributed by atoms with Crippen molar-refractivity contribution < 1.29 is 14.3 Å². The zero-order valence-corrected chi connectivity index (χ0v) is 17.8. The quantitative estimate of drug-likeness (QED) is 0.540. The summed E-state index contributed by atoms with van der Waals surface area (Å²) >= 11 is 1.40. The molecular weight excluding hydrogens is 364 g/mol. The monoisotopic (exact) mass is 396 g/mol. The number of ether oxygens (including phenoxy) is 2. The minimum Gasteiger partial charge on any atom is -0.459 e. The van der Waals surface area contributed by atoms with Crippen LogP contribution in [0, 0.1) is 5.92 Å². The van der Waals surface area contributed by atoms with Gasteiger partial charge in [-0.1, -0.05) is 18.7 Å². The molecule has 3 heterocycles. The highest BCUT2D eigenvalue weighted by molar-refractivity contribution is 7.99. The van der Waals surface area contributed by atoms with Crippen molar-refractivity contribution >= 4 is 23.7 Å². The summed E-state index contributed by atoms with van der Waals surface area (Å²) < 4.78 is 13.4. The Labute approximate surface area is 166 Å². The molecule has 0 bridgehead atoms. The molecule has 3 rings (SSSR count). The number of piperidine rings is 1. The molecular formula is C19H32N4O3S. The standard InChI is InChI=1S/C19H32N4O3S/c1-14-7-9-22(10-8-14)17-20-21-18(23(17)12-15-6-5-11-25-15)27-13-16(24)26-19(2,3)4/h14-15H,5-13H2,1-4H3. The first-order chi connectivity index (χ1) is 12.8. The van der Waals surface area contributed by atoms with E-state index in [0.717, 1.165) is 56.1 Å². The highest BCUT2D eigenvalue weighted by Crippen LogP contribution is 2.28. The van der Waals surface area contributed by atoms with Crippen LogP contribution in [0.4, 0.5) is 5.95 Å². The first kappa shape index (κ1) is 20.5. The highest BCUT2D eigenvalue weighted by atomic mass is 32.2. The summed E-state index contributed by atoms with van der Waals surface area (Å²) in [4.78, 5) is 14.4. The van der Waals surface area contributed by atoms with E-state index >= 15 is 0 Å². The number of esters is 1. The second-order valence-electron chi connectivity index (χ2n) is 8.57. The predicted molar refractivity (Wildman–Crippen MR) is 106 cm³/mol. The zero-order valence-electron chi connectivity index (χ0n) is 16.9. The fourth-order valence-electron chi connectivity index (χ4n) is 3.48. The van der Waals surface area contributed by atoms with Crippen LogP contribution in [0.1, 0.15) is 53.4 Å². The van der Waals surface area contributed by atoms with Gasteiger partial charge in [-0.05, 0) is 52.4 Å². The Bertz CT molecular complexity index is 629. The number of hydrogen-bond donors (Lipinski definition) is 0. The van der Waals surface area contributed by atoms with Crippen LogP contribution < -0.4 is 4.90 Å². The summed E-state index contributed by atoms with van der Waals surface area (Å²) in [6.45, 7) is 11.5. The van der Waals surface area contributed by atoms with Gasteiger partial charge in [0, 0.05) is 19.7 Å². The molecule has 27 heavy (non-hydrogen) atoms. The lowest BCUT2D eigenvalue weighted by molar-refractivity contribution is -0.151. The number of aromatic nitrogens is 3. The minimum absolute atomic E-state index is 0.198. The molecule has 152 valence electrons. The highest BCUT2D eigenvalue weighted by Gasteiger charge is 2.26. The third-order valence-electron chi connectivity index (χ3n) is 4.91. The summed E-state index contributed by atoms with van der Waals surface area (Å²) in [7, 11) is 0. The third-order valence-corrected chi connectivity index (χ3v) is 5.85. The SMILES string of the molecule is CC1CCN(c2nnc(SCC(=O)OC(C)(C)C)n2CC2CCCO2)CC1. The Morgan fingerprint density at radius 1 is 1.26 bits per heavy atom. The molecule has 1 unspecified atom stereocenters. The molecule has 8 heteroatoms. The lowest BCUT2D eigenvalue weighted by Gasteiger charge is -2.31. The fourth-order valence-corrected chi connectivity index (χ4v) is 4.19. The molecule has 2 saturated heterocycles. The van der Waals surface area contributed by atoms with Crippen molar-refractivity contribution in [2.75, 3.05) is 30.3 Å². The maximum Gasteiger partial charge on any atom is 0.316 e. The van der Waals surface area contributed by atoms with Gasteiger partial charge in [0.05, 0.1) is 18.4 Å². The fraction of sp³-hybridized carbons (Fsp3) is 0.842. The van der Waals surface area contributed by atoms with Crippen LogP contribution in [0.25, 0.3) is 0 Å². The van der Waals surface area contributed by atoms with Crippen molar-refractivity contribution in [1.29, 1.82) is 0 Å². The van der Waals surface area contributed by atoms with Gasteiger partial charge in [0.1, 0.15) is 5.60 Å². The van der Waals surface area contributed by atoms with Gasteiger partial charge in [-0.3, -0.25) is 9.36 Å². The summed E-state index contributed by atoms with van der Waals surface area (Å²) in [5.74, 6) is 1.67. The second-order valence-corrected chi connectivity index (χ2v) is 9.52. The van der Waals surface area contributed by atoms with Crippen molar-refractivity contribution in [3.63, 3.8) is 0 Å². The first-order valence-electron chi connectivity index (χ1n) is 9.96. The number of carbonyl (C=O) groups is 1. The summed E-state index contributed by atoms with van der Waals surface area (Å²) in [6, 6.07) is 0. The number of carbonyl (C=O) groups excluding carboxylic acids is 1. The lowest BCUT2D eigenvalue weighted by atomic mass is 10.00. The van der Waals surface area contributed by atoms with Crippen molar-refractivity contribution in [3.05, 3.63) is 0 Å². The van der Waals surface area contributed by atoms with Gasteiger partial charge in [-0.25, -0.2) is 0 Å². The maximum absolute atomic E-state index is 12.1. The Morgan fingerprint density at radius 2 is 2.00 bits per heavy atom. The van der Waals surface area contributed by atoms with E-state index in [9.17, 15) is 4.79 Å². The predicted octanol–water partition coefficient (Wildman–Crippen LogP) is 3.13. The maximum atomic E-state index is 12.1. The van der Waals surface area contributed by atoms with Gasteiger partial charge < -0.3 is 14.4 Å². The summed E-state index contributed by atoms with van der Waals surface area (Å²) in [5.41, 5.74) is -0.474. The molecule has 1 aromatic rings. The molecule has 1 atom stereocenters. The van der Waals surface area contributed by atoms with Gasteiger partial charge in [-0.15, -0.1) is 10.2 Å². The average Bonchev–Trinajstić information content (AvgIpc) is 3.23.